The van der Waals surface area contributed by atoms with Gasteiger partial charge in [-0.25, -0.2) is 13.4 Å². The molecule has 1 fully saturated rings. The summed E-state index contributed by atoms with van der Waals surface area (Å²) < 4.78 is 30.9. The number of nitrogens with zero attached hydrogens (tertiary/aromatic N) is 4. The van der Waals surface area contributed by atoms with E-state index in [1.807, 2.05) is 48.5 Å². The molecular weight excluding hydrogens is 545 g/mol. The Morgan fingerprint density at radius 2 is 1.82 bits per heavy atom. The first-order valence-electron chi connectivity index (χ1n) is 11.8. The van der Waals surface area contributed by atoms with Crippen LogP contribution in [-0.4, -0.2) is 43.2 Å². The standard InChI is InChI=1S/C27H23Cl2N5O3S/c1-38(35,36)33-26-16-31-25-13-18(4-9-24(25)32-26)17-2-5-20(6-3-17)34(21-7-8-21)22-12-19(15-30)27(23(29)14-22)37-11-10-28/h2-6,9,12-14,16,21H,7-8,10-11H2,1H3,(H,32,33). The molecule has 5 rings (SSSR count). The second-order valence-electron chi connectivity index (χ2n) is 8.93. The zero-order valence-corrected chi connectivity index (χ0v) is 22.7. The summed E-state index contributed by atoms with van der Waals surface area (Å²) in [7, 11) is -3.43. The van der Waals surface area contributed by atoms with E-state index in [0.717, 1.165) is 41.6 Å². The van der Waals surface area contributed by atoms with Gasteiger partial charge in [0.15, 0.2) is 11.6 Å². The number of ether oxygens (including phenoxy) is 1. The number of alkyl halides is 1. The molecule has 0 amide bonds. The van der Waals surface area contributed by atoms with Crippen LogP contribution in [-0.2, 0) is 10.0 Å². The second kappa shape index (κ2) is 10.7. The molecule has 0 bridgehead atoms. The molecule has 1 aliphatic rings. The van der Waals surface area contributed by atoms with Gasteiger partial charge >= 0.3 is 0 Å². The van der Waals surface area contributed by atoms with Crippen LogP contribution in [0.3, 0.4) is 0 Å². The van der Waals surface area contributed by atoms with E-state index in [9.17, 15) is 13.7 Å². The molecule has 38 heavy (non-hydrogen) atoms. The fraction of sp³-hybridized carbons (Fsp3) is 0.222. The van der Waals surface area contributed by atoms with Crippen molar-refractivity contribution in [3.05, 3.63) is 71.4 Å². The Kier molecular flexibility index (Phi) is 7.30. The number of rotatable bonds is 9. The minimum absolute atomic E-state index is 0.176. The van der Waals surface area contributed by atoms with Gasteiger partial charge in [0.1, 0.15) is 12.7 Å². The Bertz CT molecular complexity index is 1650. The van der Waals surface area contributed by atoms with Crippen molar-refractivity contribution in [2.45, 2.75) is 18.9 Å². The van der Waals surface area contributed by atoms with Gasteiger partial charge in [-0.3, -0.25) is 9.71 Å². The number of aromatic nitrogens is 2. The average Bonchev–Trinajstić information content (AvgIpc) is 3.72. The Hall–Kier alpha value is -3.58. The third kappa shape index (κ3) is 5.78. The summed E-state index contributed by atoms with van der Waals surface area (Å²) >= 11 is 12.2. The highest BCUT2D eigenvalue weighted by molar-refractivity contribution is 7.92. The number of sulfonamides is 1. The SMILES string of the molecule is CS(=O)(=O)Nc1cnc2cc(-c3ccc(N(c4cc(Cl)c(OCCCl)c(C#N)c4)C4CC4)cc3)ccc2n1. The molecule has 11 heteroatoms. The molecule has 1 aliphatic carbocycles. The molecule has 1 heterocycles. The first kappa shape index (κ1) is 26.0. The number of nitrogens with one attached hydrogen (secondary N) is 1. The molecule has 194 valence electrons. The fourth-order valence-corrected chi connectivity index (χ4v) is 5.06. The van der Waals surface area contributed by atoms with Crippen molar-refractivity contribution in [3.63, 3.8) is 0 Å². The summed E-state index contributed by atoms with van der Waals surface area (Å²) in [5.74, 6) is 0.827. The Morgan fingerprint density at radius 3 is 2.47 bits per heavy atom. The minimum Gasteiger partial charge on any atom is -0.489 e. The second-order valence-corrected chi connectivity index (χ2v) is 11.5. The number of fused-ring (bicyclic) bond motifs is 1. The van der Waals surface area contributed by atoms with Crippen molar-refractivity contribution in [3.8, 4) is 22.9 Å². The van der Waals surface area contributed by atoms with Crippen LogP contribution in [0.15, 0.2) is 60.8 Å². The predicted molar refractivity (Wildman–Crippen MR) is 151 cm³/mol. The summed E-state index contributed by atoms with van der Waals surface area (Å²) in [4.78, 5) is 10.9. The van der Waals surface area contributed by atoms with Crippen LogP contribution in [0.1, 0.15) is 18.4 Å². The lowest BCUT2D eigenvalue weighted by atomic mass is 10.0. The lowest BCUT2D eigenvalue weighted by Gasteiger charge is -2.26. The van der Waals surface area contributed by atoms with Crippen molar-refractivity contribution >= 4 is 61.5 Å². The van der Waals surface area contributed by atoms with Gasteiger partial charge in [0.05, 0.1) is 40.0 Å². The van der Waals surface area contributed by atoms with Crippen LogP contribution in [0.4, 0.5) is 17.2 Å². The quantitative estimate of drug-likeness (QED) is 0.243. The van der Waals surface area contributed by atoms with Crippen molar-refractivity contribution in [2.75, 3.05) is 28.4 Å². The third-order valence-corrected chi connectivity index (χ3v) is 6.99. The maximum absolute atomic E-state index is 11.5. The lowest BCUT2D eigenvalue weighted by molar-refractivity contribution is 0.342. The zero-order valence-electron chi connectivity index (χ0n) is 20.4. The molecule has 1 saturated carbocycles. The van der Waals surface area contributed by atoms with Gasteiger partial charge in [0.25, 0.3) is 0 Å². The highest BCUT2D eigenvalue weighted by Crippen LogP contribution is 2.42. The van der Waals surface area contributed by atoms with E-state index in [-0.39, 0.29) is 12.4 Å². The lowest BCUT2D eigenvalue weighted by Crippen LogP contribution is -2.19. The first-order chi connectivity index (χ1) is 18.3. The molecular formula is C27H23Cl2N5O3S. The van der Waals surface area contributed by atoms with E-state index in [1.165, 1.54) is 6.20 Å². The number of anilines is 3. The summed E-state index contributed by atoms with van der Waals surface area (Å²) in [6, 6.07) is 19.9. The normalized spacial score (nSPS) is 13.2. The molecule has 1 aromatic heterocycles. The van der Waals surface area contributed by atoms with Crippen LogP contribution in [0, 0.1) is 11.3 Å². The molecule has 0 unspecified atom stereocenters. The van der Waals surface area contributed by atoms with Gasteiger partial charge in [-0.15, -0.1) is 11.6 Å². The summed E-state index contributed by atoms with van der Waals surface area (Å²) in [5.41, 5.74) is 5.38. The molecule has 4 aromatic rings. The van der Waals surface area contributed by atoms with Crippen LogP contribution in [0.5, 0.6) is 5.75 Å². The van der Waals surface area contributed by atoms with Crippen molar-refractivity contribution in [1.29, 1.82) is 5.26 Å². The van der Waals surface area contributed by atoms with Gasteiger partial charge in [-0.1, -0.05) is 29.8 Å². The van der Waals surface area contributed by atoms with E-state index in [2.05, 4.69) is 25.7 Å². The van der Waals surface area contributed by atoms with Crippen molar-refractivity contribution in [2.24, 2.45) is 0 Å². The Balaban J connectivity index is 1.43. The third-order valence-electron chi connectivity index (χ3n) is 5.97. The summed E-state index contributed by atoms with van der Waals surface area (Å²) in [5, 5.41) is 10.1. The van der Waals surface area contributed by atoms with E-state index >= 15 is 0 Å². The molecule has 8 nitrogen and oxygen atoms in total. The van der Waals surface area contributed by atoms with Gasteiger partial charge in [-0.2, -0.15) is 5.26 Å². The molecule has 0 spiro atoms. The molecule has 3 aromatic carbocycles. The monoisotopic (exact) mass is 567 g/mol. The van der Waals surface area contributed by atoms with Gasteiger partial charge in [0.2, 0.25) is 10.0 Å². The van der Waals surface area contributed by atoms with E-state index in [0.29, 0.717) is 39.3 Å². The van der Waals surface area contributed by atoms with Crippen LogP contribution in [0.2, 0.25) is 5.02 Å². The van der Waals surface area contributed by atoms with Gasteiger partial charge < -0.3 is 9.64 Å². The van der Waals surface area contributed by atoms with Crippen LogP contribution >= 0.6 is 23.2 Å². The first-order valence-corrected chi connectivity index (χ1v) is 14.6. The zero-order chi connectivity index (χ0) is 26.9. The topological polar surface area (TPSA) is 108 Å². The van der Waals surface area contributed by atoms with Crippen LogP contribution in [0.25, 0.3) is 22.2 Å². The number of hydrogen-bond donors (Lipinski definition) is 1. The van der Waals surface area contributed by atoms with Crippen molar-refractivity contribution < 1.29 is 13.2 Å². The molecule has 0 aliphatic heterocycles. The molecule has 0 atom stereocenters. The van der Waals surface area contributed by atoms with Crippen LogP contribution < -0.4 is 14.4 Å². The highest BCUT2D eigenvalue weighted by atomic mass is 35.5. The predicted octanol–water partition coefficient (Wildman–Crippen LogP) is 6.11. The highest BCUT2D eigenvalue weighted by Gasteiger charge is 2.31. The largest absolute Gasteiger partial charge is 0.489 e. The maximum atomic E-state index is 11.5. The van der Waals surface area contributed by atoms with Gasteiger partial charge in [-0.05, 0) is 60.4 Å². The number of benzene rings is 3. The maximum Gasteiger partial charge on any atom is 0.231 e. The van der Waals surface area contributed by atoms with E-state index in [4.69, 9.17) is 27.9 Å². The smallest absolute Gasteiger partial charge is 0.231 e. The fourth-order valence-electron chi connectivity index (χ4n) is 4.24. The van der Waals surface area contributed by atoms with Gasteiger partial charge in [0, 0.05) is 17.4 Å². The van der Waals surface area contributed by atoms with E-state index < -0.39 is 10.0 Å². The minimum atomic E-state index is -3.43. The molecule has 0 radical (unpaired) electrons. The average molecular weight is 568 g/mol. The molecule has 0 saturated heterocycles. The van der Waals surface area contributed by atoms with Crippen molar-refractivity contribution in [1.82, 2.24) is 9.97 Å². The summed E-state index contributed by atoms with van der Waals surface area (Å²) in [6.07, 6.45) is 4.56. The number of halogens is 2. The van der Waals surface area contributed by atoms with E-state index in [1.54, 1.807) is 6.07 Å². The molecule has 1 N–H and O–H groups in total. The summed E-state index contributed by atoms with van der Waals surface area (Å²) in [6.45, 7) is 0.266. The number of hydrogen-bond acceptors (Lipinski definition) is 7. The number of nitriles is 1. The Morgan fingerprint density at radius 1 is 1.08 bits per heavy atom. The Labute approximate surface area is 230 Å².